The third-order valence-electron chi connectivity index (χ3n) is 5.21. The zero-order chi connectivity index (χ0) is 21.5. The van der Waals surface area contributed by atoms with Gasteiger partial charge in [0, 0.05) is 37.4 Å². The lowest BCUT2D eigenvalue weighted by Crippen LogP contribution is -2.36. The molecule has 0 spiro atoms. The number of ether oxygens (including phenoxy) is 1. The fourth-order valence-electron chi connectivity index (χ4n) is 3.47. The Kier molecular flexibility index (Phi) is 7.09. The smallest absolute Gasteiger partial charge is 0.265 e. The number of benzene rings is 2. The van der Waals surface area contributed by atoms with Gasteiger partial charge in [0.25, 0.3) is 11.8 Å². The number of amides is 2. The van der Waals surface area contributed by atoms with Gasteiger partial charge < -0.3 is 15.4 Å². The summed E-state index contributed by atoms with van der Waals surface area (Å²) < 4.78 is 5.42. The number of nitrogens with one attached hydrogen (secondary N) is 2. The molecule has 31 heavy (non-hydrogen) atoms. The molecule has 1 saturated heterocycles. The second-order valence-electron chi connectivity index (χ2n) is 7.35. The van der Waals surface area contributed by atoms with Crippen LogP contribution in [-0.4, -0.2) is 43.0 Å². The first-order chi connectivity index (χ1) is 15.2. The third kappa shape index (κ3) is 5.79. The van der Waals surface area contributed by atoms with Crippen molar-refractivity contribution in [2.45, 2.75) is 13.1 Å². The molecule has 2 aromatic carbocycles. The average molecular weight is 436 g/mol. The molecule has 1 fully saturated rings. The van der Waals surface area contributed by atoms with Gasteiger partial charge in [-0.05, 0) is 46.8 Å². The first-order valence-corrected chi connectivity index (χ1v) is 11.2. The summed E-state index contributed by atoms with van der Waals surface area (Å²) in [5.41, 5.74) is 3.55. The van der Waals surface area contributed by atoms with E-state index < -0.39 is 0 Å². The molecule has 2 N–H and O–H groups in total. The molecule has 1 aliphatic rings. The Balaban J connectivity index is 1.33. The van der Waals surface area contributed by atoms with E-state index in [0.29, 0.717) is 22.7 Å². The second kappa shape index (κ2) is 10.3. The lowest BCUT2D eigenvalue weighted by molar-refractivity contribution is 0.0340. The molecule has 0 unspecified atom stereocenters. The van der Waals surface area contributed by atoms with Gasteiger partial charge >= 0.3 is 0 Å². The van der Waals surface area contributed by atoms with E-state index in [9.17, 15) is 9.59 Å². The maximum Gasteiger partial charge on any atom is 0.265 e. The molecule has 1 aromatic heterocycles. The van der Waals surface area contributed by atoms with Gasteiger partial charge in [0.2, 0.25) is 0 Å². The monoisotopic (exact) mass is 435 g/mol. The lowest BCUT2D eigenvalue weighted by atomic mass is 10.1. The number of nitrogens with zero attached hydrogens (tertiary/aromatic N) is 1. The summed E-state index contributed by atoms with van der Waals surface area (Å²) in [5.74, 6) is -0.290. The fourth-order valence-corrected chi connectivity index (χ4v) is 4.09. The molecule has 0 radical (unpaired) electrons. The fraction of sp³-hybridized carbons (Fsp3) is 0.250. The topological polar surface area (TPSA) is 70.7 Å². The molecule has 6 nitrogen and oxygen atoms in total. The van der Waals surface area contributed by atoms with Crippen molar-refractivity contribution in [3.63, 3.8) is 0 Å². The Morgan fingerprint density at radius 1 is 0.903 bits per heavy atom. The van der Waals surface area contributed by atoms with E-state index in [-0.39, 0.29) is 11.8 Å². The number of thiophene rings is 1. The number of hydrogen-bond donors (Lipinski definition) is 2. The van der Waals surface area contributed by atoms with Crippen LogP contribution in [0.15, 0.2) is 66.0 Å². The van der Waals surface area contributed by atoms with E-state index in [2.05, 4.69) is 27.7 Å². The van der Waals surface area contributed by atoms with Gasteiger partial charge in [-0.15, -0.1) is 11.3 Å². The minimum atomic E-state index is -0.149. The molecule has 2 heterocycles. The molecule has 4 rings (SSSR count). The number of rotatable bonds is 7. The molecule has 7 heteroatoms. The maximum atomic E-state index is 12.6. The van der Waals surface area contributed by atoms with E-state index in [1.807, 2.05) is 23.6 Å². The Hall–Kier alpha value is -3.00. The Labute approximate surface area is 185 Å². The Morgan fingerprint density at radius 3 is 2.35 bits per heavy atom. The summed E-state index contributed by atoms with van der Waals surface area (Å²) in [7, 11) is 0. The summed E-state index contributed by atoms with van der Waals surface area (Å²) in [5, 5.41) is 7.71. The van der Waals surface area contributed by atoms with E-state index in [1.54, 1.807) is 30.3 Å². The molecule has 0 bridgehead atoms. The SMILES string of the molecule is O=C(NCc1ccccc1CN1CCOCC1)c1ccc(NC(=O)c2cccs2)cc1. The molecule has 0 aliphatic carbocycles. The van der Waals surface area contributed by atoms with Gasteiger partial charge in [-0.25, -0.2) is 0 Å². The second-order valence-corrected chi connectivity index (χ2v) is 8.30. The van der Waals surface area contributed by atoms with Crippen LogP contribution in [0, 0.1) is 0 Å². The van der Waals surface area contributed by atoms with Crippen LogP contribution in [0.5, 0.6) is 0 Å². The van der Waals surface area contributed by atoms with Crippen molar-refractivity contribution in [2.24, 2.45) is 0 Å². The highest BCUT2D eigenvalue weighted by atomic mass is 32.1. The maximum absolute atomic E-state index is 12.6. The molecule has 160 valence electrons. The predicted octanol–water partition coefficient (Wildman–Crippen LogP) is 3.76. The zero-order valence-electron chi connectivity index (χ0n) is 17.2. The Bertz CT molecular complexity index is 1010. The normalized spacial score (nSPS) is 14.2. The van der Waals surface area contributed by atoms with Crippen molar-refractivity contribution in [1.29, 1.82) is 0 Å². The van der Waals surface area contributed by atoms with E-state index in [0.717, 1.165) is 38.4 Å². The molecule has 0 atom stereocenters. The average Bonchev–Trinajstić information content (AvgIpc) is 3.35. The van der Waals surface area contributed by atoms with E-state index in [1.165, 1.54) is 16.9 Å². The van der Waals surface area contributed by atoms with Crippen LogP contribution in [0.25, 0.3) is 0 Å². The number of carbonyl (C=O) groups is 2. The highest BCUT2D eigenvalue weighted by Crippen LogP contribution is 2.16. The van der Waals surface area contributed by atoms with Crippen LogP contribution in [0.2, 0.25) is 0 Å². The molecule has 3 aromatic rings. The quantitative estimate of drug-likeness (QED) is 0.593. The molecular formula is C24H25N3O3S. The Morgan fingerprint density at radius 2 is 1.65 bits per heavy atom. The zero-order valence-corrected chi connectivity index (χ0v) is 18.0. The number of carbonyl (C=O) groups excluding carboxylic acids is 2. The van der Waals surface area contributed by atoms with Crippen LogP contribution in [0.1, 0.15) is 31.2 Å². The number of anilines is 1. The predicted molar refractivity (Wildman–Crippen MR) is 122 cm³/mol. The van der Waals surface area contributed by atoms with Gasteiger partial charge in [-0.1, -0.05) is 30.3 Å². The molecular weight excluding hydrogens is 410 g/mol. The lowest BCUT2D eigenvalue weighted by Gasteiger charge is -2.27. The summed E-state index contributed by atoms with van der Waals surface area (Å²) in [4.78, 5) is 27.8. The molecule has 0 saturated carbocycles. The molecule has 2 amide bonds. The molecule has 1 aliphatic heterocycles. The summed E-state index contributed by atoms with van der Waals surface area (Å²) >= 11 is 1.39. The van der Waals surface area contributed by atoms with Crippen molar-refractivity contribution >= 4 is 28.8 Å². The highest BCUT2D eigenvalue weighted by Gasteiger charge is 2.14. The third-order valence-corrected chi connectivity index (χ3v) is 6.07. The van der Waals surface area contributed by atoms with Crippen LogP contribution < -0.4 is 10.6 Å². The van der Waals surface area contributed by atoms with Gasteiger partial charge in [0.05, 0.1) is 18.1 Å². The summed E-state index contributed by atoms with van der Waals surface area (Å²) in [6.45, 7) is 4.71. The van der Waals surface area contributed by atoms with Crippen LogP contribution in [0.3, 0.4) is 0 Å². The van der Waals surface area contributed by atoms with Gasteiger partial charge in [-0.2, -0.15) is 0 Å². The largest absolute Gasteiger partial charge is 0.379 e. The van der Waals surface area contributed by atoms with Crippen LogP contribution in [-0.2, 0) is 17.8 Å². The van der Waals surface area contributed by atoms with Gasteiger partial charge in [-0.3, -0.25) is 14.5 Å². The van der Waals surface area contributed by atoms with Crippen molar-refractivity contribution in [3.8, 4) is 0 Å². The minimum Gasteiger partial charge on any atom is -0.379 e. The van der Waals surface area contributed by atoms with Gasteiger partial charge in [0.15, 0.2) is 0 Å². The summed E-state index contributed by atoms with van der Waals surface area (Å²) in [6.07, 6.45) is 0. The van der Waals surface area contributed by atoms with E-state index >= 15 is 0 Å². The van der Waals surface area contributed by atoms with Crippen molar-refractivity contribution in [2.75, 3.05) is 31.6 Å². The highest BCUT2D eigenvalue weighted by molar-refractivity contribution is 7.12. The van der Waals surface area contributed by atoms with Crippen LogP contribution >= 0.6 is 11.3 Å². The minimum absolute atomic E-state index is 0.141. The first-order valence-electron chi connectivity index (χ1n) is 10.3. The number of hydrogen-bond acceptors (Lipinski definition) is 5. The standard InChI is InChI=1S/C24H25N3O3S/c28-23(18-7-9-21(10-8-18)26-24(29)22-6-3-15-31-22)25-16-19-4-1-2-5-20(19)17-27-11-13-30-14-12-27/h1-10,15H,11-14,16-17H2,(H,25,28)(H,26,29). The van der Waals surface area contributed by atoms with E-state index in [4.69, 9.17) is 4.74 Å². The number of morpholine rings is 1. The summed E-state index contributed by atoms with van der Waals surface area (Å²) in [6, 6.07) is 18.7. The first kappa shape index (κ1) is 21.2. The van der Waals surface area contributed by atoms with Crippen molar-refractivity contribution < 1.29 is 14.3 Å². The van der Waals surface area contributed by atoms with Crippen molar-refractivity contribution in [1.82, 2.24) is 10.2 Å². The van der Waals surface area contributed by atoms with Crippen molar-refractivity contribution in [3.05, 3.63) is 87.6 Å². The van der Waals surface area contributed by atoms with Gasteiger partial charge in [0.1, 0.15) is 0 Å². The van der Waals surface area contributed by atoms with Crippen LogP contribution in [0.4, 0.5) is 5.69 Å².